The fraction of sp³-hybridized carbons (Fsp3) is 0.0714. The lowest BCUT2D eigenvalue weighted by molar-refractivity contribution is 0.414. The van der Waals surface area contributed by atoms with E-state index in [1.165, 1.54) is 48.0 Å². The second kappa shape index (κ2) is 6.93. The summed E-state index contributed by atoms with van der Waals surface area (Å²) in [4.78, 5) is 2.69. The molecule has 1 heterocycles. The van der Waals surface area contributed by atoms with E-state index in [1.807, 2.05) is 11.8 Å². The number of fused-ring (bicyclic) bond motifs is 6. The molecular weight excluding hydrogens is 384 g/mol. The van der Waals surface area contributed by atoms with Crippen molar-refractivity contribution in [3.05, 3.63) is 114 Å². The number of benzene rings is 5. The molecule has 144 valence electrons. The van der Waals surface area contributed by atoms with Gasteiger partial charge in [0, 0.05) is 15.7 Å². The molecule has 0 spiro atoms. The summed E-state index contributed by atoms with van der Waals surface area (Å²) in [6.07, 6.45) is 0. The first-order valence-electron chi connectivity index (χ1n) is 10.2. The summed E-state index contributed by atoms with van der Waals surface area (Å²) in [5, 5.41) is 5.25. The van der Waals surface area contributed by atoms with Crippen molar-refractivity contribution in [2.45, 2.75) is 15.7 Å². The standard InChI is InChI=1S/C28H20OS/c1-29-21-14-10-20(11-15-21)26-27-22-8-4-2-6-18(22)12-16-24(27)30-25-17-13-19-7-3-5-9-23(19)28(25)26/h2-17,26H,1H3. The molecule has 0 radical (unpaired) electrons. The van der Waals surface area contributed by atoms with Gasteiger partial charge in [-0.05, 0) is 62.5 Å². The van der Waals surface area contributed by atoms with Crippen LogP contribution in [0.5, 0.6) is 5.75 Å². The van der Waals surface area contributed by atoms with Crippen molar-refractivity contribution in [2.24, 2.45) is 0 Å². The van der Waals surface area contributed by atoms with Gasteiger partial charge in [-0.15, -0.1) is 0 Å². The van der Waals surface area contributed by atoms with Crippen molar-refractivity contribution in [2.75, 3.05) is 7.11 Å². The van der Waals surface area contributed by atoms with E-state index < -0.39 is 0 Å². The summed E-state index contributed by atoms with van der Waals surface area (Å²) in [6, 6.07) is 35.2. The van der Waals surface area contributed by atoms with Crippen molar-refractivity contribution in [1.82, 2.24) is 0 Å². The Labute approximate surface area is 180 Å². The molecule has 0 bridgehead atoms. The lowest BCUT2D eigenvalue weighted by Gasteiger charge is -2.31. The number of methoxy groups -OCH3 is 1. The van der Waals surface area contributed by atoms with Crippen LogP contribution in [-0.4, -0.2) is 7.11 Å². The fourth-order valence-corrected chi connectivity index (χ4v) is 5.90. The Morgan fingerprint density at radius 1 is 0.600 bits per heavy atom. The Morgan fingerprint density at radius 2 is 1.13 bits per heavy atom. The van der Waals surface area contributed by atoms with E-state index >= 15 is 0 Å². The first kappa shape index (κ1) is 17.6. The molecule has 6 rings (SSSR count). The van der Waals surface area contributed by atoms with Crippen LogP contribution >= 0.6 is 11.8 Å². The lowest BCUT2D eigenvalue weighted by Crippen LogP contribution is -2.11. The molecule has 5 aromatic carbocycles. The van der Waals surface area contributed by atoms with E-state index in [1.54, 1.807) is 7.11 Å². The minimum Gasteiger partial charge on any atom is -0.497 e. The van der Waals surface area contributed by atoms with Crippen LogP contribution in [0.15, 0.2) is 107 Å². The molecule has 5 aromatic rings. The third-order valence-electron chi connectivity index (χ3n) is 6.11. The summed E-state index contributed by atoms with van der Waals surface area (Å²) in [6.45, 7) is 0. The van der Waals surface area contributed by atoms with E-state index in [9.17, 15) is 0 Å². The summed E-state index contributed by atoms with van der Waals surface area (Å²) < 4.78 is 5.43. The maximum atomic E-state index is 5.43. The molecular formula is C28H20OS. The predicted molar refractivity (Wildman–Crippen MR) is 126 cm³/mol. The predicted octanol–water partition coefficient (Wildman–Crippen LogP) is 7.65. The van der Waals surface area contributed by atoms with Gasteiger partial charge in [-0.3, -0.25) is 0 Å². The first-order valence-corrected chi connectivity index (χ1v) is 11.0. The van der Waals surface area contributed by atoms with Crippen LogP contribution in [0.2, 0.25) is 0 Å². The molecule has 1 nitrogen and oxygen atoms in total. The Morgan fingerprint density at radius 3 is 1.67 bits per heavy atom. The van der Waals surface area contributed by atoms with Crippen molar-refractivity contribution in [3.8, 4) is 5.75 Å². The molecule has 0 aromatic heterocycles. The highest BCUT2D eigenvalue weighted by Gasteiger charge is 2.30. The molecule has 0 unspecified atom stereocenters. The monoisotopic (exact) mass is 404 g/mol. The number of hydrogen-bond acceptors (Lipinski definition) is 2. The molecule has 0 atom stereocenters. The largest absolute Gasteiger partial charge is 0.497 e. The lowest BCUT2D eigenvalue weighted by atomic mass is 9.80. The quantitative estimate of drug-likeness (QED) is 0.293. The van der Waals surface area contributed by atoms with Crippen molar-refractivity contribution in [3.63, 3.8) is 0 Å². The zero-order valence-corrected chi connectivity index (χ0v) is 17.4. The molecule has 2 heteroatoms. The van der Waals surface area contributed by atoms with E-state index in [0.29, 0.717) is 0 Å². The van der Waals surface area contributed by atoms with E-state index in [2.05, 4.69) is 97.1 Å². The molecule has 1 aliphatic heterocycles. The topological polar surface area (TPSA) is 9.23 Å². The SMILES string of the molecule is COc1ccc(C2c3c(ccc4ccccc34)Sc3ccc4ccccc4c32)cc1. The van der Waals surface area contributed by atoms with Crippen LogP contribution < -0.4 is 4.74 Å². The molecule has 30 heavy (non-hydrogen) atoms. The maximum absolute atomic E-state index is 5.43. The zero-order chi connectivity index (χ0) is 20.1. The van der Waals surface area contributed by atoms with Gasteiger partial charge in [0.2, 0.25) is 0 Å². The van der Waals surface area contributed by atoms with Gasteiger partial charge in [0.25, 0.3) is 0 Å². The second-order valence-corrected chi connectivity index (χ2v) is 8.79. The normalized spacial score (nSPS) is 13.2. The molecule has 0 saturated carbocycles. The fourth-order valence-electron chi connectivity index (χ4n) is 4.72. The van der Waals surface area contributed by atoms with Crippen LogP contribution in [0.4, 0.5) is 0 Å². The van der Waals surface area contributed by atoms with Crippen LogP contribution in [0, 0.1) is 0 Å². The third-order valence-corrected chi connectivity index (χ3v) is 7.26. The van der Waals surface area contributed by atoms with Gasteiger partial charge >= 0.3 is 0 Å². The van der Waals surface area contributed by atoms with Crippen LogP contribution in [0.1, 0.15) is 22.6 Å². The molecule has 0 aliphatic carbocycles. The third kappa shape index (κ3) is 2.64. The summed E-state index contributed by atoms with van der Waals surface area (Å²) in [5.41, 5.74) is 4.12. The van der Waals surface area contributed by atoms with Gasteiger partial charge in [-0.1, -0.05) is 84.6 Å². The molecule has 0 N–H and O–H groups in total. The highest BCUT2D eigenvalue weighted by molar-refractivity contribution is 7.99. The highest BCUT2D eigenvalue weighted by Crippen LogP contribution is 2.52. The van der Waals surface area contributed by atoms with Gasteiger partial charge in [-0.25, -0.2) is 0 Å². The van der Waals surface area contributed by atoms with Crippen molar-refractivity contribution < 1.29 is 4.74 Å². The Bertz CT molecular complexity index is 1320. The van der Waals surface area contributed by atoms with E-state index in [-0.39, 0.29) is 5.92 Å². The van der Waals surface area contributed by atoms with Gasteiger partial charge in [0.15, 0.2) is 0 Å². The van der Waals surface area contributed by atoms with Gasteiger partial charge in [-0.2, -0.15) is 0 Å². The van der Waals surface area contributed by atoms with Gasteiger partial charge < -0.3 is 4.74 Å². The molecule has 0 fully saturated rings. The maximum Gasteiger partial charge on any atom is 0.118 e. The van der Waals surface area contributed by atoms with E-state index in [4.69, 9.17) is 4.74 Å². The Kier molecular flexibility index (Phi) is 4.07. The smallest absolute Gasteiger partial charge is 0.118 e. The van der Waals surface area contributed by atoms with E-state index in [0.717, 1.165) is 5.75 Å². The Balaban J connectivity index is 1.72. The van der Waals surface area contributed by atoms with Crippen molar-refractivity contribution >= 4 is 33.3 Å². The zero-order valence-electron chi connectivity index (χ0n) is 16.6. The average Bonchev–Trinajstić information content (AvgIpc) is 2.82. The minimum absolute atomic E-state index is 0.180. The number of hydrogen-bond donors (Lipinski definition) is 0. The summed E-state index contributed by atoms with van der Waals surface area (Å²) in [5.74, 6) is 1.07. The van der Waals surface area contributed by atoms with Crippen LogP contribution in [0.3, 0.4) is 0 Å². The van der Waals surface area contributed by atoms with Crippen molar-refractivity contribution in [1.29, 1.82) is 0 Å². The number of rotatable bonds is 2. The number of ether oxygens (including phenoxy) is 1. The average molecular weight is 405 g/mol. The minimum atomic E-state index is 0.180. The highest BCUT2D eigenvalue weighted by atomic mass is 32.2. The first-order chi connectivity index (χ1) is 14.8. The van der Waals surface area contributed by atoms with Crippen LogP contribution in [0.25, 0.3) is 21.5 Å². The van der Waals surface area contributed by atoms with Gasteiger partial charge in [0.1, 0.15) is 5.75 Å². The molecule has 0 saturated heterocycles. The summed E-state index contributed by atoms with van der Waals surface area (Å²) in [7, 11) is 1.72. The molecule has 1 aliphatic rings. The summed E-state index contributed by atoms with van der Waals surface area (Å²) >= 11 is 1.89. The van der Waals surface area contributed by atoms with Gasteiger partial charge in [0.05, 0.1) is 7.11 Å². The van der Waals surface area contributed by atoms with Crippen LogP contribution in [-0.2, 0) is 0 Å². The Hall–Kier alpha value is -3.23. The second-order valence-electron chi connectivity index (χ2n) is 7.71. The molecule has 0 amide bonds.